The number of nitrogens with zero attached hydrogens (tertiary/aromatic N) is 1. The van der Waals surface area contributed by atoms with Crippen LogP contribution < -0.4 is 0 Å². The van der Waals surface area contributed by atoms with Gasteiger partial charge in [0.05, 0.1) is 11.5 Å². The molecule has 4 aliphatic carbocycles. The number of Topliss-reactive ketones (excluding diaryl/α,β-unsaturated/α-hetero) is 1. The highest BCUT2D eigenvalue weighted by Gasteiger charge is 2.72. The van der Waals surface area contributed by atoms with Crippen molar-refractivity contribution in [3.05, 3.63) is 0 Å². The van der Waals surface area contributed by atoms with Crippen LogP contribution in [0.25, 0.3) is 0 Å². The Labute approximate surface area is 121 Å². The molecule has 1 saturated heterocycles. The number of β-lactam (4-membered cyclic amide) rings is 1. The van der Waals surface area contributed by atoms with Gasteiger partial charge in [-0.3, -0.25) is 9.59 Å². The molecule has 1 unspecified atom stereocenters. The van der Waals surface area contributed by atoms with Gasteiger partial charge >= 0.3 is 0 Å². The number of hydrogen-bond acceptors (Lipinski definition) is 2. The highest BCUT2D eigenvalue weighted by molar-refractivity contribution is 5.89. The Kier molecular flexibility index (Phi) is 2.35. The first-order chi connectivity index (χ1) is 9.35. The van der Waals surface area contributed by atoms with Crippen molar-refractivity contribution in [2.75, 3.05) is 6.54 Å². The van der Waals surface area contributed by atoms with Gasteiger partial charge in [0.25, 0.3) is 0 Å². The maximum Gasteiger partial charge on any atom is 0.228 e. The molecule has 0 aromatic rings. The third-order valence-electron chi connectivity index (χ3n) is 7.34. The largest absolute Gasteiger partial charge is 0.336 e. The molecule has 3 nitrogen and oxygen atoms in total. The van der Waals surface area contributed by atoms with Crippen molar-refractivity contribution in [3.63, 3.8) is 0 Å². The average molecular weight is 275 g/mol. The second-order valence-corrected chi connectivity index (χ2v) is 8.42. The van der Waals surface area contributed by atoms with E-state index in [1.165, 1.54) is 6.42 Å². The van der Waals surface area contributed by atoms with Gasteiger partial charge in [-0.05, 0) is 49.4 Å². The van der Waals surface area contributed by atoms with Crippen molar-refractivity contribution in [3.8, 4) is 0 Å². The first-order valence-corrected chi connectivity index (χ1v) is 8.18. The highest BCUT2D eigenvalue weighted by atomic mass is 16.2. The lowest BCUT2D eigenvalue weighted by molar-refractivity contribution is -0.244. The number of carbonyl (C=O) groups excluding carboxylic acids is 2. The van der Waals surface area contributed by atoms with Crippen LogP contribution >= 0.6 is 0 Å². The van der Waals surface area contributed by atoms with Gasteiger partial charge in [-0.15, -0.1) is 0 Å². The average Bonchev–Trinajstić information content (AvgIpc) is 2.80. The zero-order valence-electron chi connectivity index (χ0n) is 12.8. The standard InChI is InChI=1S/C17H25NO2/c1-16(2)11-7-13-15(20)18(17(13,3)14(16)8-11)9-10-4-5-12(19)6-10/h10-11,13-14H,4-9H2,1-3H3/t10?,11-,13+,14+,17-/m0/s1. The number of amides is 1. The molecule has 0 aromatic heterocycles. The van der Waals surface area contributed by atoms with E-state index in [0.717, 1.165) is 31.7 Å². The number of ketones is 1. The Hall–Kier alpha value is -0.860. The van der Waals surface area contributed by atoms with Crippen molar-refractivity contribution in [2.24, 2.45) is 29.1 Å². The van der Waals surface area contributed by atoms with Crippen LogP contribution in [0.1, 0.15) is 52.9 Å². The summed E-state index contributed by atoms with van der Waals surface area (Å²) in [7, 11) is 0. The molecule has 4 saturated carbocycles. The third kappa shape index (κ3) is 1.32. The Balaban J connectivity index is 1.55. The Morgan fingerprint density at radius 1 is 1.20 bits per heavy atom. The maximum atomic E-state index is 12.5. The van der Waals surface area contributed by atoms with Crippen molar-refractivity contribution in [1.29, 1.82) is 0 Å². The highest BCUT2D eigenvalue weighted by Crippen LogP contribution is 2.69. The molecule has 110 valence electrons. The minimum absolute atomic E-state index is 0.0843. The molecule has 20 heavy (non-hydrogen) atoms. The minimum atomic E-state index is 0.0843. The molecule has 5 rings (SSSR count). The van der Waals surface area contributed by atoms with E-state index in [9.17, 15) is 9.59 Å². The van der Waals surface area contributed by atoms with Gasteiger partial charge in [-0.1, -0.05) is 13.8 Å². The predicted octanol–water partition coefficient (Wildman–Crippen LogP) is 2.64. The van der Waals surface area contributed by atoms with E-state index in [2.05, 4.69) is 25.7 Å². The van der Waals surface area contributed by atoms with Gasteiger partial charge in [0, 0.05) is 19.4 Å². The van der Waals surface area contributed by atoms with Crippen molar-refractivity contribution in [1.82, 2.24) is 4.90 Å². The molecule has 3 heteroatoms. The van der Waals surface area contributed by atoms with Crippen LogP contribution in [0.3, 0.4) is 0 Å². The topological polar surface area (TPSA) is 37.4 Å². The first kappa shape index (κ1) is 12.8. The summed E-state index contributed by atoms with van der Waals surface area (Å²) < 4.78 is 0. The van der Waals surface area contributed by atoms with E-state index in [0.29, 0.717) is 35.4 Å². The summed E-state index contributed by atoms with van der Waals surface area (Å²) in [6.45, 7) is 7.91. The molecular weight excluding hydrogens is 250 g/mol. The van der Waals surface area contributed by atoms with Crippen LogP contribution in [0, 0.1) is 29.1 Å². The van der Waals surface area contributed by atoms with Crippen LogP contribution in [0.15, 0.2) is 0 Å². The van der Waals surface area contributed by atoms with Gasteiger partial charge in [0.1, 0.15) is 5.78 Å². The van der Waals surface area contributed by atoms with Crippen molar-refractivity contribution >= 4 is 11.7 Å². The van der Waals surface area contributed by atoms with Crippen LogP contribution in [0.5, 0.6) is 0 Å². The molecule has 5 aliphatic rings. The van der Waals surface area contributed by atoms with Crippen LogP contribution in [0.4, 0.5) is 0 Å². The van der Waals surface area contributed by atoms with Crippen molar-refractivity contribution < 1.29 is 9.59 Å². The molecule has 5 fully saturated rings. The molecule has 2 bridgehead atoms. The summed E-state index contributed by atoms with van der Waals surface area (Å²) in [4.78, 5) is 26.1. The summed E-state index contributed by atoms with van der Waals surface area (Å²) >= 11 is 0. The zero-order valence-corrected chi connectivity index (χ0v) is 12.8. The Morgan fingerprint density at radius 3 is 2.55 bits per heavy atom. The monoisotopic (exact) mass is 275 g/mol. The van der Waals surface area contributed by atoms with E-state index in [4.69, 9.17) is 0 Å². The van der Waals surface area contributed by atoms with Gasteiger partial charge in [-0.25, -0.2) is 0 Å². The molecular formula is C17H25NO2. The number of likely N-dealkylation sites (tertiary alicyclic amines) is 1. The normalized spacial score (nSPS) is 48.6. The van der Waals surface area contributed by atoms with Gasteiger partial charge in [0.2, 0.25) is 5.91 Å². The zero-order chi connectivity index (χ0) is 14.3. The second-order valence-electron chi connectivity index (χ2n) is 8.42. The van der Waals surface area contributed by atoms with Gasteiger partial charge < -0.3 is 4.90 Å². The van der Waals surface area contributed by atoms with E-state index in [1.807, 2.05) is 0 Å². The molecule has 0 N–H and O–H groups in total. The molecule has 0 spiro atoms. The quantitative estimate of drug-likeness (QED) is 0.727. The van der Waals surface area contributed by atoms with E-state index in [-0.39, 0.29) is 11.5 Å². The summed E-state index contributed by atoms with van der Waals surface area (Å²) in [5.74, 6) is 2.87. The van der Waals surface area contributed by atoms with Crippen LogP contribution in [0.2, 0.25) is 0 Å². The fourth-order valence-corrected chi connectivity index (χ4v) is 5.85. The Bertz CT molecular complexity index is 497. The fourth-order valence-electron chi connectivity index (χ4n) is 5.85. The lowest BCUT2D eigenvalue weighted by atomic mass is 9.38. The lowest BCUT2D eigenvalue weighted by Gasteiger charge is -2.74. The SMILES string of the molecule is CC1(C)[C@H]2C[C@@H]3C(=O)N(CC4CCC(=O)C4)[C@]3(C)[C@@H]1C2. The smallest absolute Gasteiger partial charge is 0.228 e. The minimum Gasteiger partial charge on any atom is -0.336 e. The number of carbonyl (C=O) groups is 2. The van der Waals surface area contributed by atoms with E-state index in [1.54, 1.807) is 0 Å². The molecule has 0 radical (unpaired) electrons. The van der Waals surface area contributed by atoms with Crippen molar-refractivity contribution in [2.45, 2.75) is 58.4 Å². The fraction of sp³-hybridized carbons (Fsp3) is 0.882. The second kappa shape index (κ2) is 3.66. The molecule has 1 aliphatic heterocycles. The number of hydrogen-bond donors (Lipinski definition) is 0. The summed E-state index contributed by atoms with van der Waals surface area (Å²) in [5.41, 5.74) is 0.483. The molecule has 1 amide bonds. The maximum absolute atomic E-state index is 12.5. The van der Waals surface area contributed by atoms with Crippen LogP contribution in [-0.4, -0.2) is 28.7 Å². The lowest BCUT2D eigenvalue weighted by Crippen LogP contribution is -2.81. The summed E-state index contributed by atoms with van der Waals surface area (Å²) in [5, 5.41) is 0. The van der Waals surface area contributed by atoms with E-state index >= 15 is 0 Å². The van der Waals surface area contributed by atoms with Gasteiger partial charge in [0.15, 0.2) is 0 Å². The van der Waals surface area contributed by atoms with Crippen LogP contribution in [-0.2, 0) is 9.59 Å². The summed E-state index contributed by atoms with van der Waals surface area (Å²) in [6, 6.07) is 0. The molecule has 5 atom stereocenters. The predicted molar refractivity (Wildman–Crippen MR) is 76.0 cm³/mol. The molecule has 1 heterocycles. The first-order valence-electron chi connectivity index (χ1n) is 8.18. The molecule has 0 aromatic carbocycles. The Morgan fingerprint density at radius 2 is 1.95 bits per heavy atom. The third-order valence-corrected chi connectivity index (χ3v) is 7.34. The van der Waals surface area contributed by atoms with Gasteiger partial charge in [-0.2, -0.15) is 0 Å². The van der Waals surface area contributed by atoms with E-state index < -0.39 is 0 Å². The summed E-state index contributed by atoms with van der Waals surface area (Å²) in [6.07, 6.45) is 4.80. The number of rotatable bonds is 2.